The predicted octanol–water partition coefficient (Wildman–Crippen LogP) is 0.608. The van der Waals surface area contributed by atoms with Gasteiger partial charge in [-0.25, -0.2) is 4.79 Å². The zero-order valence-electron chi connectivity index (χ0n) is 10.7. The van der Waals surface area contributed by atoms with Crippen molar-refractivity contribution in [1.82, 2.24) is 0 Å². The van der Waals surface area contributed by atoms with Crippen molar-refractivity contribution in [2.75, 3.05) is 7.11 Å². The summed E-state index contributed by atoms with van der Waals surface area (Å²) in [6, 6.07) is 3.44. The molecule has 0 aliphatic carbocycles. The van der Waals surface area contributed by atoms with Crippen LogP contribution in [0.2, 0.25) is 0 Å². The average Bonchev–Trinajstić information content (AvgIpc) is 2.44. The van der Waals surface area contributed by atoms with E-state index in [4.69, 9.17) is 5.26 Å². The molecule has 0 aliphatic rings. The van der Waals surface area contributed by atoms with Gasteiger partial charge in [-0.1, -0.05) is 0 Å². The molecular formula is C12H12N2O6. The maximum absolute atomic E-state index is 11.6. The minimum Gasteiger partial charge on any atom is -0.465 e. The lowest BCUT2D eigenvalue weighted by Crippen LogP contribution is -2.18. The highest BCUT2D eigenvalue weighted by Crippen LogP contribution is 2.29. The van der Waals surface area contributed by atoms with E-state index in [1.165, 1.54) is 13.0 Å². The number of hydrogen-bond acceptors (Lipinski definition) is 7. The number of non-ortho nitro benzene ring substituents is 1. The Labute approximate surface area is 114 Å². The second-order valence-electron chi connectivity index (χ2n) is 3.98. The zero-order chi connectivity index (χ0) is 15.4. The monoisotopic (exact) mass is 280 g/mol. The highest BCUT2D eigenvalue weighted by atomic mass is 16.6. The molecule has 0 bridgehead atoms. The summed E-state index contributed by atoms with van der Waals surface area (Å²) in [5.74, 6) is -0.814. The largest absolute Gasteiger partial charge is 0.465 e. The lowest BCUT2D eigenvalue weighted by atomic mass is 9.95. The number of aliphatic hydroxyl groups excluding tert-OH is 2. The van der Waals surface area contributed by atoms with Gasteiger partial charge in [0.1, 0.15) is 6.10 Å². The molecule has 8 heteroatoms. The number of nitro benzene ring substituents is 1. The Morgan fingerprint density at radius 1 is 1.50 bits per heavy atom. The molecule has 0 saturated carbocycles. The van der Waals surface area contributed by atoms with E-state index in [0.29, 0.717) is 0 Å². The number of hydrogen-bond donors (Lipinski definition) is 2. The van der Waals surface area contributed by atoms with E-state index < -0.39 is 28.8 Å². The Morgan fingerprint density at radius 2 is 2.10 bits per heavy atom. The van der Waals surface area contributed by atoms with Crippen LogP contribution in [0.4, 0.5) is 5.69 Å². The number of esters is 1. The Balaban J connectivity index is 3.51. The Hall–Kier alpha value is -2.50. The van der Waals surface area contributed by atoms with Crippen LogP contribution in [0.1, 0.15) is 27.6 Å². The molecule has 0 amide bonds. The smallest absolute Gasteiger partial charge is 0.338 e. The van der Waals surface area contributed by atoms with Gasteiger partial charge in [-0.05, 0) is 18.1 Å². The van der Waals surface area contributed by atoms with Gasteiger partial charge in [0.05, 0.1) is 23.7 Å². The lowest BCUT2D eigenvalue weighted by Gasteiger charge is -2.16. The van der Waals surface area contributed by atoms with Gasteiger partial charge in [-0.15, -0.1) is 0 Å². The van der Waals surface area contributed by atoms with Crippen LogP contribution >= 0.6 is 0 Å². The van der Waals surface area contributed by atoms with E-state index in [1.54, 1.807) is 0 Å². The van der Waals surface area contributed by atoms with Gasteiger partial charge >= 0.3 is 5.97 Å². The summed E-state index contributed by atoms with van der Waals surface area (Å²) in [5.41, 5.74) is -0.436. The van der Waals surface area contributed by atoms with E-state index in [0.717, 1.165) is 19.2 Å². The summed E-state index contributed by atoms with van der Waals surface area (Å²) in [4.78, 5) is 21.7. The molecule has 0 aromatic heterocycles. The third kappa shape index (κ3) is 2.90. The number of carbonyl (C=O) groups excluding carboxylic acids is 1. The molecular weight excluding hydrogens is 268 g/mol. The summed E-state index contributed by atoms with van der Waals surface area (Å²) >= 11 is 0. The number of nitro groups is 1. The number of nitrogens with zero attached hydrogens (tertiary/aromatic N) is 2. The van der Waals surface area contributed by atoms with Crippen LogP contribution in [-0.2, 0) is 4.74 Å². The van der Waals surface area contributed by atoms with Crippen LogP contribution in [0.25, 0.3) is 0 Å². The highest BCUT2D eigenvalue weighted by Gasteiger charge is 2.26. The van der Waals surface area contributed by atoms with Crippen molar-refractivity contribution in [2.24, 2.45) is 0 Å². The number of ether oxygens (including phenoxy) is 1. The van der Waals surface area contributed by atoms with Crippen molar-refractivity contribution in [3.8, 4) is 6.07 Å². The van der Waals surface area contributed by atoms with Crippen LogP contribution < -0.4 is 0 Å². The van der Waals surface area contributed by atoms with Crippen LogP contribution in [-0.4, -0.2) is 34.3 Å². The SMILES string of the molecule is COC(=O)c1cc([N+](=O)[O-])cc(C(O)C(O)C#N)c1C. The van der Waals surface area contributed by atoms with Crippen molar-refractivity contribution in [2.45, 2.75) is 19.1 Å². The van der Waals surface area contributed by atoms with Gasteiger partial charge < -0.3 is 14.9 Å². The van der Waals surface area contributed by atoms with Gasteiger partial charge in [0.2, 0.25) is 0 Å². The van der Waals surface area contributed by atoms with Crippen LogP contribution in [0.5, 0.6) is 0 Å². The Kier molecular flexibility index (Phi) is 4.74. The summed E-state index contributed by atoms with van der Waals surface area (Å²) in [6.07, 6.45) is -3.43. The Morgan fingerprint density at radius 3 is 2.55 bits per heavy atom. The number of benzene rings is 1. The first kappa shape index (κ1) is 15.6. The molecule has 0 aliphatic heterocycles. The molecule has 2 N–H and O–H groups in total. The first-order valence-electron chi connectivity index (χ1n) is 5.46. The summed E-state index contributed by atoms with van der Waals surface area (Å²) in [7, 11) is 1.11. The van der Waals surface area contributed by atoms with E-state index >= 15 is 0 Å². The number of carbonyl (C=O) groups is 1. The second kappa shape index (κ2) is 6.10. The molecule has 0 heterocycles. The molecule has 1 rings (SSSR count). The molecule has 106 valence electrons. The van der Waals surface area contributed by atoms with E-state index in [9.17, 15) is 25.1 Å². The standard InChI is InChI=1S/C12H12N2O6/c1-6-8(11(16)10(15)5-13)3-7(14(18)19)4-9(6)12(17)20-2/h3-4,10-11,15-16H,1-2H3. The molecule has 0 radical (unpaired) electrons. The lowest BCUT2D eigenvalue weighted by molar-refractivity contribution is -0.385. The van der Waals surface area contributed by atoms with Gasteiger partial charge in [0.25, 0.3) is 5.69 Å². The predicted molar refractivity (Wildman–Crippen MR) is 65.8 cm³/mol. The first-order chi connectivity index (χ1) is 9.33. The first-order valence-corrected chi connectivity index (χ1v) is 5.46. The molecule has 0 saturated heterocycles. The summed E-state index contributed by atoms with van der Waals surface area (Å²) in [6.45, 7) is 1.43. The average molecular weight is 280 g/mol. The number of rotatable bonds is 4. The number of methoxy groups -OCH3 is 1. The van der Waals surface area contributed by atoms with Crippen molar-refractivity contribution in [3.63, 3.8) is 0 Å². The van der Waals surface area contributed by atoms with E-state index in [1.807, 2.05) is 0 Å². The van der Waals surface area contributed by atoms with Gasteiger partial charge in [-0.2, -0.15) is 5.26 Å². The third-order valence-electron chi connectivity index (χ3n) is 2.80. The Bertz CT molecular complexity index is 592. The van der Waals surface area contributed by atoms with Crippen molar-refractivity contribution in [3.05, 3.63) is 38.9 Å². The quantitative estimate of drug-likeness (QED) is 0.357. The van der Waals surface area contributed by atoms with Gasteiger partial charge in [0, 0.05) is 12.1 Å². The van der Waals surface area contributed by atoms with Crippen LogP contribution in [0, 0.1) is 28.4 Å². The summed E-state index contributed by atoms with van der Waals surface area (Å²) < 4.78 is 4.50. The summed E-state index contributed by atoms with van der Waals surface area (Å²) in [5, 5.41) is 38.5. The maximum Gasteiger partial charge on any atom is 0.338 e. The fourth-order valence-corrected chi connectivity index (χ4v) is 1.70. The molecule has 0 spiro atoms. The zero-order valence-corrected chi connectivity index (χ0v) is 10.7. The van der Waals surface area contributed by atoms with E-state index in [-0.39, 0.29) is 16.7 Å². The van der Waals surface area contributed by atoms with Crippen LogP contribution in [0.3, 0.4) is 0 Å². The normalized spacial score (nSPS) is 13.2. The van der Waals surface area contributed by atoms with Gasteiger partial charge in [0.15, 0.2) is 6.10 Å². The van der Waals surface area contributed by atoms with Crippen molar-refractivity contribution >= 4 is 11.7 Å². The third-order valence-corrected chi connectivity index (χ3v) is 2.80. The molecule has 0 fully saturated rings. The minimum atomic E-state index is -1.76. The molecule has 20 heavy (non-hydrogen) atoms. The second-order valence-corrected chi connectivity index (χ2v) is 3.98. The molecule has 2 atom stereocenters. The van der Waals surface area contributed by atoms with Crippen LogP contribution in [0.15, 0.2) is 12.1 Å². The molecule has 2 unspecified atom stereocenters. The van der Waals surface area contributed by atoms with Crippen molar-refractivity contribution in [1.29, 1.82) is 5.26 Å². The number of nitriles is 1. The molecule has 1 aromatic carbocycles. The maximum atomic E-state index is 11.6. The minimum absolute atomic E-state index is 0.0753. The van der Waals surface area contributed by atoms with E-state index in [2.05, 4.69) is 4.74 Å². The highest BCUT2D eigenvalue weighted by molar-refractivity contribution is 5.92. The van der Waals surface area contributed by atoms with Crippen molar-refractivity contribution < 1.29 is 24.7 Å². The fraction of sp³-hybridized carbons (Fsp3) is 0.333. The number of aliphatic hydroxyl groups is 2. The molecule has 1 aromatic rings. The molecule has 8 nitrogen and oxygen atoms in total. The topological polar surface area (TPSA) is 134 Å². The fourth-order valence-electron chi connectivity index (χ4n) is 1.70. The van der Waals surface area contributed by atoms with Gasteiger partial charge in [-0.3, -0.25) is 10.1 Å².